The smallest absolute Gasteiger partial charge is 0.387 e. The molecule has 1 unspecified atom stereocenters. The first-order chi connectivity index (χ1) is 23.2. The third kappa shape index (κ3) is 11.2. The number of rotatable bonds is 17. The van der Waals surface area contributed by atoms with Crippen LogP contribution in [-0.2, 0) is 26.0 Å². The maximum absolute atomic E-state index is 13.2. The molecule has 0 bridgehead atoms. The third-order valence-corrected chi connectivity index (χ3v) is 9.57. The van der Waals surface area contributed by atoms with Gasteiger partial charge in [-0.1, -0.05) is 41.0 Å². The lowest BCUT2D eigenvalue weighted by Gasteiger charge is -2.21. The van der Waals surface area contributed by atoms with Crippen molar-refractivity contribution in [2.24, 2.45) is 11.8 Å². The molecule has 0 amide bonds. The number of esters is 1. The van der Waals surface area contributed by atoms with E-state index in [1.807, 2.05) is 0 Å². The summed E-state index contributed by atoms with van der Waals surface area (Å²) in [5.41, 5.74) is 0.958. The van der Waals surface area contributed by atoms with Crippen LogP contribution in [0.25, 0.3) is 0 Å². The highest BCUT2D eigenvalue weighted by molar-refractivity contribution is 8.14. The topological polar surface area (TPSA) is 144 Å². The van der Waals surface area contributed by atoms with Crippen LogP contribution in [0.5, 0.6) is 17.2 Å². The Morgan fingerprint density at radius 3 is 2.20 bits per heavy atom. The van der Waals surface area contributed by atoms with Crippen molar-refractivity contribution in [1.29, 1.82) is 0 Å². The number of halogens is 4. The second kappa shape index (κ2) is 16.0. The Balaban J connectivity index is 1.33. The maximum Gasteiger partial charge on any atom is 0.387 e. The highest BCUT2D eigenvalue weighted by atomic mass is 35.5. The molecule has 17 heteroatoms. The van der Waals surface area contributed by atoms with Gasteiger partial charge in [-0.2, -0.15) is 13.5 Å². The minimum Gasteiger partial charge on any atom is -0.619 e. The molecule has 0 saturated heterocycles. The monoisotopic (exact) mass is 760 g/mol. The molecule has 11 nitrogen and oxygen atoms in total. The van der Waals surface area contributed by atoms with Crippen LogP contribution in [-0.4, -0.2) is 51.3 Å². The van der Waals surface area contributed by atoms with E-state index in [2.05, 4.69) is 9.46 Å². The van der Waals surface area contributed by atoms with Gasteiger partial charge in [0.2, 0.25) is 15.1 Å². The van der Waals surface area contributed by atoms with Gasteiger partial charge in [0.15, 0.2) is 23.9 Å². The number of thioether (sulfide) groups is 1. The number of sulfonamides is 1. The van der Waals surface area contributed by atoms with Crippen LogP contribution >= 0.6 is 35.0 Å². The zero-order valence-electron chi connectivity index (χ0n) is 26.0. The molecule has 2 saturated carbocycles. The number of benzene rings is 2. The van der Waals surface area contributed by atoms with E-state index in [4.69, 9.17) is 37.4 Å². The van der Waals surface area contributed by atoms with Crippen molar-refractivity contribution >= 4 is 61.8 Å². The lowest BCUT2D eigenvalue weighted by molar-refractivity contribution is -0.605. The molecule has 0 radical (unpaired) electrons. The largest absolute Gasteiger partial charge is 0.619 e. The zero-order chi connectivity index (χ0) is 35.3. The molecular formula is C32H32Cl2F2N2O9S2. The number of alkyl halides is 2. The fourth-order valence-electron chi connectivity index (χ4n) is 4.61. The molecule has 1 heterocycles. The number of aromatic nitrogens is 1. The molecule has 1 atom stereocenters. The van der Waals surface area contributed by atoms with Crippen LogP contribution in [0.3, 0.4) is 0 Å². The number of carbonyl (C=O) groups is 2. The number of anilines is 1. The van der Waals surface area contributed by atoms with Crippen LogP contribution in [0.2, 0.25) is 10.0 Å². The van der Waals surface area contributed by atoms with Gasteiger partial charge in [-0.15, -0.1) is 0 Å². The van der Waals surface area contributed by atoms with Crippen molar-refractivity contribution in [3.8, 4) is 17.2 Å². The average molecular weight is 762 g/mol. The van der Waals surface area contributed by atoms with E-state index in [1.165, 1.54) is 36.4 Å². The number of hydrogen-bond acceptors (Lipinski definition) is 10. The molecule has 2 fully saturated rings. The van der Waals surface area contributed by atoms with Crippen molar-refractivity contribution in [2.45, 2.75) is 44.8 Å². The SMILES string of the molecule is CS(=O)(=O)Nc1ccc(C(=O)SCC(=O)OC(Cc2c(Cl)c[n+]([O-])cc2Cl)c2ccc(OC(F)F)c(OCC3CC3)c2)cc1OCC1CC1. The van der Waals surface area contributed by atoms with Gasteiger partial charge in [0.25, 0.3) is 0 Å². The summed E-state index contributed by atoms with van der Waals surface area (Å²) < 4.78 is 74.7. The van der Waals surface area contributed by atoms with Crippen LogP contribution in [0, 0.1) is 17.0 Å². The Labute approximate surface area is 295 Å². The molecular weight excluding hydrogens is 729 g/mol. The molecule has 49 heavy (non-hydrogen) atoms. The molecule has 264 valence electrons. The van der Waals surface area contributed by atoms with E-state index in [0.29, 0.717) is 40.5 Å². The predicted molar refractivity (Wildman–Crippen MR) is 179 cm³/mol. The average Bonchev–Trinajstić information content (AvgIpc) is 3.95. The summed E-state index contributed by atoms with van der Waals surface area (Å²) in [6, 6.07) is 8.35. The number of carbonyl (C=O) groups excluding carboxylic acids is 2. The predicted octanol–water partition coefficient (Wildman–Crippen LogP) is 6.58. The van der Waals surface area contributed by atoms with Crippen molar-refractivity contribution in [3.63, 3.8) is 0 Å². The number of nitrogens with one attached hydrogen (secondary N) is 1. The van der Waals surface area contributed by atoms with Crippen LogP contribution in [0.1, 0.15) is 53.3 Å². The summed E-state index contributed by atoms with van der Waals surface area (Å²) in [5.74, 6) is -0.580. The van der Waals surface area contributed by atoms with Gasteiger partial charge in [-0.25, -0.2) is 8.42 Å². The van der Waals surface area contributed by atoms with E-state index in [1.54, 1.807) is 0 Å². The zero-order valence-corrected chi connectivity index (χ0v) is 29.2. The van der Waals surface area contributed by atoms with Gasteiger partial charge in [0.1, 0.15) is 21.9 Å². The Hall–Kier alpha value is -3.53. The number of nitrogens with zero attached hydrogens (tertiary/aromatic N) is 1. The van der Waals surface area contributed by atoms with Gasteiger partial charge in [0.05, 0.1) is 30.9 Å². The first kappa shape index (κ1) is 36.7. The molecule has 2 aliphatic rings. The molecule has 1 aromatic heterocycles. The Morgan fingerprint density at radius 1 is 0.980 bits per heavy atom. The molecule has 0 aliphatic heterocycles. The van der Waals surface area contributed by atoms with E-state index in [9.17, 15) is 32.0 Å². The lowest BCUT2D eigenvalue weighted by Crippen LogP contribution is -2.25. The molecule has 2 aromatic carbocycles. The summed E-state index contributed by atoms with van der Waals surface area (Å²) in [4.78, 5) is 26.3. The summed E-state index contributed by atoms with van der Waals surface area (Å²) in [6.07, 6.45) is 5.83. The van der Waals surface area contributed by atoms with Gasteiger partial charge in [0, 0.05) is 17.5 Å². The Morgan fingerprint density at radius 2 is 1.61 bits per heavy atom. The van der Waals surface area contributed by atoms with Gasteiger partial charge in [-0.3, -0.25) is 14.3 Å². The lowest BCUT2D eigenvalue weighted by atomic mass is 10.0. The quantitative estimate of drug-likeness (QED) is 0.0911. The number of pyridine rings is 1. The van der Waals surface area contributed by atoms with Crippen LogP contribution in [0.15, 0.2) is 48.8 Å². The van der Waals surface area contributed by atoms with E-state index >= 15 is 0 Å². The Bertz CT molecular complexity index is 1790. The number of hydrogen-bond donors (Lipinski definition) is 1. The van der Waals surface area contributed by atoms with Crippen LogP contribution < -0.4 is 23.7 Å². The number of ether oxygens (including phenoxy) is 4. The summed E-state index contributed by atoms with van der Waals surface area (Å²) in [6.45, 7) is -2.46. The third-order valence-electron chi connectivity index (χ3n) is 7.45. The molecule has 3 aromatic rings. The molecule has 1 N–H and O–H groups in total. The van der Waals surface area contributed by atoms with Crippen molar-refractivity contribution in [2.75, 3.05) is 29.9 Å². The standard InChI is InChI=1S/C32H32Cl2F2N2O9S2/c1-49(42,43)37-25-8-6-21(11-28(25)44-15-18-2-3-18)31(40)48-17-30(39)46-27(12-22-23(33)13-38(41)14-24(22)34)20-7-9-26(47-32(35)36)29(10-20)45-16-19-4-5-19/h6-11,13-14,18-19,27,32,37H,2-5,12,15-17H2,1H3. The van der Waals surface area contributed by atoms with Gasteiger partial charge < -0.3 is 24.2 Å². The van der Waals surface area contributed by atoms with Crippen molar-refractivity contribution in [3.05, 3.63) is 80.7 Å². The van der Waals surface area contributed by atoms with Gasteiger partial charge >= 0.3 is 12.6 Å². The molecule has 5 rings (SSSR count). The normalized spacial score (nSPS) is 15.1. The summed E-state index contributed by atoms with van der Waals surface area (Å²) >= 11 is 13.3. The highest BCUT2D eigenvalue weighted by Gasteiger charge is 2.27. The van der Waals surface area contributed by atoms with E-state index in [-0.39, 0.29) is 57.1 Å². The summed E-state index contributed by atoms with van der Waals surface area (Å²) in [7, 11) is -3.62. The van der Waals surface area contributed by atoms with Crippen molar-refractivity contribution in [1.82, 2.24) is 0 Å². The second-order valence-electron chi connectivity index (χ2n) is 11.7. The van der Waals surface area contributed by atoms with E-state index in [0.717, 1.165) is 44.3 Å². The maximum atomic E-state index is 13.2. The molecule has 2 aliphatic carbocycles. The fraction of sp³-hybridized carbons (Fsp3) is 0.406. The van der Waals surface area contributed by atoms with Gasteiger partial charge in [-0.05, 0) is 73.4 Å². The van der Waals surface area contributed by atoms with Crippen molar-refractivity contribution < 1.29 is 50.5 Å². The molecule has 0 spiro atoms. The highest BCUT2D eigenvalue weighted by Crippen LogP contribution is 2.38. The minimum atomic E-state index is -3.62. The second-order valence-corrected chi connectivity index (χ2v) is 15.2. The minimum absolute atomic E-state index is 0.00415. The fourth-order valence-corrected chi connectivity index (χ4v) is 6.38. The Kier molecular flexibility index (Phi) is 12.0. The van der Waals surface area contributed by atoms with E-state index < -0.39 is 39.6 Å². The summed E-state index contributed by atoms with van der Waals surface area (Å²) in [5, 5.41) is 11.3. The first-order valence-electron chi connectivity index (χ1n) is 15.1. The van der Waals surface area contributed by atoms with Crippen LogP contribution in [0.4, 0.5) is 14.5 Å². The first-order valence-corrected chi connectivity index (χ1v) is 18.8.